The van der Waals surface area contributed by atoms with Gasteiger partial charge >= 0.3 is 0 Å². The van der Waals surface area contributed by atoms with Crippen molar-refractivity contribution in [3.05, 3.63) is 47.5 Å². The number of nitrogens with zero attached hydrogens (tertiary/aromatic N) is 5. The smallest absolute Gasteiger partial charge is 0.267 e. The molecule has 152 valence electrons. The third-order valence-corrected chi connectivity index (χ3v) is 5.43. The number of nitrogens with two attached hydrogens (primary N) is 1. The van der Waals surface area contributed by atoms with Crippen LogP contribution in [0, 0.1) is 12.8 Å². The number of primary amides is 1. The summed E-state index contributed by atoms with van der Waals surface area (Å²) >= 11 is 0. The van der Waals surface area contributed by atoms with Gasteiger partial charge in [0.15, 0.2) is 0 Å². The Morgan fingerprint density at radius 3 is 2.72 bits per heavy atom. The second-order valence-corrected chi connectivity index (χ2v) is 7.46. The Labute approximate surface area is 168 Å². The normalized spacial score (nSPS) is 20.1. The number of pyridine rings is 1. The van der Waals surface area contributed by atoms with Crippen LogP contribution in [0.5, 0.6) is 0 Å². The summed E-state index contributed by atoms with van der Waals surface area (Å²) < 4.78 is 0. The fraction of sp³-hybridized carbons (Fsp3) is 0.450. The van der Waals surface area contributed by atoms with E-state index in [0.29, 0.717) is 38.5 Å². The summed E-state index contributed by atoms with van der Waals surface area (Å²) in [6.07, 6.45) is 7.24. The topological polar surface area (TPSA) is 115 Å². The summed E-state index contributed by atoms with van der Waals surface area (Å²) in [5.41, 5.74) is 7.55. The number of aryl methyl sites for hydroxylation is 1. The molecule has 2 aromatic rings. The highest BCUT2D eigenvalue weighted by Gasteiger charge is 2.37. The van der Waals surface area contributed by atoms with Crippen LogP contribution in [0.25, 0.3) is 0 Å². The lowest BCUT2D eigenvalue weighted by Gasteiger charge is -2.34. The number of aromatic nitrogens is 3. The predicted octanol–water partition coefficient (Wildman–Crippen LogP) is 1.40. The van der Waals surface area contributed by atoms with E-state index in [1.807, 2.05) is 11.8 Å². The van der Waals surface area contributed by atoms with Crippen LogP contribution in [0.15, 0.2) is 30.7 Å². The molecule has 0 spiro atoms. The highest BCUT2D eigenvalue weighted by molar-refractivity contribution is 5.90. The van der Waals surface area contributed by atoms with Gasteiger partial charge < -0.3 is 10.6 Å². The molecular formula is C20H24N6O3. The maximum absolute atomic E-state index is 13.1. The maximum atomic E-state index is 13.1. The number of piperidine rings is 1. The standard InChI is InChI=1S/C20H24N6O3/c1-13-10-15(12-22-11-13)17-5-9-29-26(17)19(28)14-3-7-25(8-4-14)20-23-6-2-16(24-20)18(21)27/h2,6,10-12,14,17H,3-5,7-9H2,1H3,(H2,21,27)/t17-/m0/s1. The summed E-state index contributed by atoms with van der Waals surface area (Å²) in [5, 5.41) is 1.54. The van der Waals surface area contributed by atoms with Crippen LogP contribution in [-0.2, 0) is 9.63 Å². The van der Waals surface area contributed by atoms with Crippen LogP contribution < -0.4 is 10.6 Å². The Hall–Kier alpha value is -3.07. The van der Waals surface area contributed by atoms with Crippen LogP contribution in [0.3, 0.4) is 0 Å². The fourth-order valence-electron chi connectivity index (χ4n) is 3.89. The van der Waals surface area contributed by atoms with Crippen molar-refractivity contribution in [3.63, 3.8) is 0 Å². The highest BCUT2D eigenvalue weighted by Crippen LogP contribution is 2.33. The molecule has 2 aromatic heterocycles. The molecule has 9 heteroatoms. The van der Waals surface area contributed by atoms with Crippen molar-refractivity contribution in [2.24, 2.45) is 11.7 Å². The van der Waals surface area contributed by atoms with Gasteiger partial charge in [0.25, 0.3) is 5.91 Å². The van der Waals surface area contributed by atoms with Gasteiger partial charge in [-0.3, -0.25) is 19.4 Å². The van der Waals surface area contributed by atoms with Gasteiger partial charge in [-0.25, -0.2) is 15.0 Å². The van der Waals surface area contributed by atoms with Crippen molar-refractivity contribution in [2.45, 2.75) is 32.2 Å². The van der Waals surface area contributed by atoms with E-state index in [2.05, 4.69) is 21.0 Å². The summed E-state index contributed by atoms with van der Waals surface area (Å²) in [7, 11) is 0. The first kappa shape index (κ1) is 19.3. The largest absolute Gasteiger partial charge is 0.364 e. The molecule has 9 nitrogen and oxygen atoms in total. The fourth-order valence-corrected chi connectivity index (χ4v) is 3.89. The Bertz CT molecular complexity index is 913. The molecule has 0 aliphatic carbocycles. The second kappa shape index (κ2) is 8.12. The molecule has 1 atom stereocenters. The molecule has 2 fully saturated rings. The lowest BCUT2D eigenvalue weighted by molar-refractivity contribution is -0.182. The first-order valence-corrected chi connectivity index (χ1v) is 9.78. The number of carbonyl (C=O) groups is 2. The summed E-state index contributed by atoms with van der Waals surface area (Å²) in [6, 6.07) is 3.45. The first-order valence-electron chi connectivity index (χ1n) is 9.78. The Morgan fingerprint density at radius 2 is 2.00 bits per heavy atom. The van der Waals surface area contributed by atoms with Gasteiger partial charge in [-0.15, -0.1) is 0 Å². The zero-order valence-corrected chi connectivity index (χ0v) is 16.3. The van der Waals surface area contributed by atoms with E-state index in [1.54, 1.807) is 17.5 Å². The minimum absolute atomic E-state index is 0.0143. The van der Waals surface area contributed by atoms with Gasteiger partial charge in [0, 0.05) is 44.0 Å². The molecule has 2 saturated heterocycles. The third-order valence-electron chi connectivity index (χ3n) is 5.43. The van der Waals surface area contributed by atoms with Gasteiger partial charge in [-0.1, -0.05) is 6.07 Å². The van der Waals surface area contributed by atoms with Crippen LogP contribution in [0.2, 0.25) is 0 Å². The number of hydrogen-bond donors (Lipinski definition) is 1. The monoisotopic (exact) mass is 396 g/mol. The van der Waals surface area contributed by atoms with Crippen LogP contribution in [0.4, 0.5) is 5.95 Å². The Morgan fingerprint density at radius 1 is 1.21 bits per heavy atom. The second-order valence-electron chi connectivity index (χ2n) is 7.46. The van der Waals surface area contributed by atoms with E-state index >= 15 is 0 Å². The van der Waals surface area contributed by atoms with Crippen molar-refractivity contribution in [3.8, 4) is 0 Å². The molecule has 2 aliphatic heterocycles. The predicted molar refractivity (Wildman–Crippen MR) is 105 cm³/mol. The van der Waals surface area contributed by atoms with Crippen molar-refractivity contribution in [2.75, 3.05) is 24.6 Å². The lowest BCUT2D eigenvalue weighted by atomic mass is 9.95. The minimum Gasteiger partial charge on any atom is -0.364 e. The zero-order valence-electron chi connectivity index (χ0n) is 16.3. The average Bonchev–Trinajstić information content (AvgIpc) is 3.23. The number of carbonyl (C=O) groups excluding carboxylic acids is 2. The van der Waals surface area contributed by atoms with Gasteiger partial charge in [0.1, 0.15) is 5.69 Å². The molecule has 4 rings (SSSR count). The third kappa shape index (κ3) is 4.04. The van der Waals surface area contributed by atoms with Crippen LogP contribution in [0.1, 0.15) is 46.9 Å². The molecule has 0 unspecified atom stereocenters. The van der Waals surface area contributed by atoms with E-state index in [9.17, 15) is 9.59 Å². The summed E-state index contributed by atoms with van der Waals surface area (Å²) in [5.74, 6) is -0.223. The van der Waals surface area contributed by atoms with Gasteiger partial charge in [-0.2, -0.15) is 0 Å². The molecule has 4 heterocycles. The molecule has 29 heavy (non-hydrogen) atoms. The maximum Gasteiger partial charge on any atom is 0.267 e. The van der Waals surface area contributed by atoms with Gasteiger partial charge in [-0.05, 0) is 37.0 Å². The number of hydroxylamine groups is 2. The molecule has 0 aromatic carbocycles. The number of hydrogen-bond acceptors (Lipinski definition) is 7. The summed E-state index contributed by atoms with van der Waals surface area (Å²) in [4.78, 5) is 44.8. The molecular weight excluding hydrogens is 372 g/mol. The van der Waals surface area contributed by atoms with E-state index in [0.717, 1.165) is 17.5 Å². The Balaban J connectivity index is 1.41. The average molecular weight is 396 g/mol. The molecule has 0 saturated carbocycles. The first-order chi connectivity index (χ1) is 14.0. The van der Waals surface area contributed by atoms with Crippen molar-refractivity contribution in [1.82, 2.24) is 20.0 Å². The van der Waals surface area contributed by atoms with E-state index in [4.69, 9.17) is 10.6 Å². The molecule has 0 radical (unpaired) electrons. The van der Waals surface area contributed by atoms with Gasteiger partial charge in [0.05, 0.1) is 12.6 Å². The number of amides is 2. The van der Waals surface area contributed by atoms with Crippen LogP contribution in [-0.4, -0.2) is 51.5 Å². The summed E-state index contributed by atoms with van der Waals surface area (Å²) in [6.45, 7) is 3.77. The molecule has 0 bridgehead atoms. The van der Waals surface area contributed by atoms with Crippen molar-refractivity contribution in [1.29, 1.82) is 0 Å². The highest BCUT2D eigenvalue weighted by atomic mass is 16.7. The van der Waals surface area contributed by atoms with Crippen LogP contribution >= 0.6 is 0 Å². The minimum atomic E-state index is -0.582. The SMILES string of the molecule is Cc1cncc([C@@H]2CCON2C(=O)C2CCN(c3nccc(C(N)=O)n3)CC2)c1. The lowest BCUT2D eigenvalue weighted by Crippen LogP contribution is -2.42. The number of anilines is 1. The van der Waals surface area contributed by atoms with E-state index < -0.39 is 5.91 Å². The van der Waals surface area contributed by atoms with Crippen molar-refractivity contribution >= 4 is 17.8 Å². The van der Waals surface area contributed by atoms with Crippen molar-refractivity contribution < 1.29 is 14.4 Å². The molecule has 2 N–H and O–H groups in total. The number of rotatable bonds is 4. The Kier molecular flexibility index (Phi) is 5.39. The molecule has 2 amide bonds. The van der Waals surface area contributed by atoms with E-state index in [-0.39, 0.29) is 23.6 Å². The van der Waals surface area contributed by atoms with Gasteiger partial charge in [0.2, 0.25) is 11.9 Å². The molecule has 2 aliphatic rings. The quantitative estimate of drug-likeness (QED) is 0.831. The van der Waals surface area contributed by atoms with E-state index in [1.165, 1.54) is 12.3 Å². The zero-order chi connectivity index (χ0) is 20.4.